The lowest BCUT2D eigenvalue weighted by Gasteiger charge is -2.11. The van der Waals surface area contributed by atoms with Crippen molar-refractivity contribution >= 4 is 28.9 Å². The SMILES string of the molecule is COC(=O)c1cc(OC)ccc1NC(=O)Cc1csc(-c2ccc(OC)c(OC)c2)n1. The van der Waals surface area contributed by atoms with Gasteiger partial charge in [0.25, 0.3) is 0 Å². The van der Waals surface area contributed by atoms with E-state index in [1.165, 1.54) is 31.6 Å². The van der Waals surface area contributed by atoms with E-state index >= 15 is 0 Å². The molecule has 0 aliphatic heterocycles. The first-order valence-electron chi connectivity index (χ1n) is 9.22. The molecule has 0 spiro atoms. The molecule has 0 atom stereocenters. The van der Waals surface area contributed by atoms with Gasteiger partial charge in [0.15, 0.2) is 11.5 Å². The first kappa shape index (κ1) is 22.1. The molecule has 3 rings (SSSR count). The number of hydrogen-bond donors (Lipinski definition) is 1. The van der Waals surface area contributed by atoms with Gasteiger partial charge >= 0.3 is 5.97 Å². The Morgan fingerprint density at radius 2 is 1.74 bits per heavy atom. The van der Waals surface area contributed by atoms with Gasteiger partial charge in [-0.25, -0.2) is 9.78 Å². The minimum absolute atomic E-state index is 0.0520. The highest BCUT2D eigenvalue weighted by Gasteiger charge is 2.17. The summed E-state index contributed by atoms with van der Waals surface area (Å²) in [6, 6.07) is 10.3. The summed E-state index contributed by atoms with van der Waals surface area (Å²) in [5, 5.41) is 5.31. The normalized spacial score (nSPS) is 10.3. The minimum Gasteiger partial charge on any atom is -0.497 e. The summed E-state index contributed by atoms with van der Waals surface area (Å²) in [5.41, 5.74) is 2.02. The zero-order valence-corrected chi connectivity index (χ0v) is 18.4. The van der Waals surface area contributed by atoms with Gasteiger partial charge in [0.05, 0.1) is 51.8 Å². The third-order valence-corrected chi connectivity index (χ3v) is 5.37. The lowest BCUT2D eigenvalue weighted by Crippen LogP contribution is -2.17. The highest BCUT2D eigenvalue weighted by Crippen LogP contribution is 2.33. The number of aromatic nitrogens is 1. The van der Waals surface area contributed by atoms with Crippen LogP contribution in [-0.4, -0.2) is 45.3 Å². The molecule has 1 amide bonds. The molecule has 0 fully saturated rings. The average molecular weight is 442 g/mol. The molecule has 2 aromatic carbocycles. The van der Waals surface area contributed by atoms with Crippen molar-refractivity contribution in [1.82, 2.24) is 4.98 Å². The maximum absolute atomic E-state index is 12.6. The summed E-state index contributed by atoms with van der Waals surface area (Å²) >= 11 is 1.42. The van der Waals surface area contributed by atoms with Crippen LogP contribution in [0.4, 0.5) is 5.69 Å². The zero-order valence-electron chi connectivity index (χ0n) is 17.6. The maximum Gasteiger partial charge on any atom is 0.340 e. The fourth-order valence-electron chi connectivity index (χ4n) is 2.89. The van der Waals surface area contributed by atoms with Gasteiger partial charge in [-0.05, 0) is 36.4 Å². The Balaban J connectivity index is 1.74. The number of carbonyl (C=O) groups is 2. The van der Waals surface area contributed by atoms with Gasteiger partial charge in [-0.2, -0.15) is 0 Å². The molecular weight excluding hydrogens is 420 g/mol. The van der Waals surface area contributed by atoms with E-state index in [1.807, 2.05) is 17.5 Å². The van der Waals surface area contributed by atoms with E-state index in [0.29, 0.717) is 28.6 Å². The van der Waals surface area contributed by atoms with Crippen LogP contribution in [-0.2, 0) is 16.0 Å². The summed E-state index contributed by atoms with van der Waals surface area (Å²) in [6.07, 6.45) is 0.0520. The number of hydrogen-bond acceptors (Lipinski definition) is 8. The number of thiazole rings is 1. The van der Waals surface area contributed by atoms with E-state index < -0.39 is 5.97 Å². The van der Waals surface area contributed by atoms with Crippen molar-refractivity contribution in [2.24, 2.45) is 0 Å². The fourth-order valence-corrected chi connectivity index (χ4v) is 3.70. The van der Waals surface area contributed by atoms with Gasteiger partial charge in [0, 0.05) is 10.9 Å². The Hall–Kier alpha value is -3.59. The molecule has 0 radical (unpaired) electrons. The van der Waals surface area contributed by atoms with E-state index in [0.717, 1.165) is 10.6 Å². The first-order valence-corrected chi connectivity index (χ1v) is 10.1. The number of benzene rings is 2. The molecule has 0 bridgehead atoms. The van der Waals surface area contributed by atoms with Crippen molar-refractivity contribution < 1.29 is 28.5 Å². The second kappa shape index (κ2) is 9.94. The summed E-state index contributed by atoms with van der Waals surface area (Å²) in [7, 11) is 5.92. The Morgan fingerprint density at radius 3 is 2.42 bits per heavy atom. The largest absolute Gasteiger partial charge is 0.497 e. The summed E-state index contributed by atoms with van der Waals surface area (Å²) in [6.45, 7) is 0. The van der Waals surface area contributed by atoms with Crippen LogP contribution in [0, 0.1) is 0 Å². The quantitative estimate of drug-likeness (QED) is 0.530. The number of methoxy groups -OCH3 is 4. The summed E-state index contributed by atoms with van der Waals surface area (Å²) in [5.74, 6) is 0.836. The van der Waals surface area contributed by atoms with Crippen LogP contribution in [0.5, 0.6) is 17.2 Å². The molecule has 31 heavy (non-hydrogen) atoms. The summed E-state index contributed by atoms with van der Waals surface area (Å²) in [4.78, 5) is 29.1. The Labute approximate surface area is 183 Å². The molecule has 1 heterocycles. The van der Waals surface area contributed by atoms with Crippen LogP contribution in [0.25, 0.3) is 10.6 Å². The van der Waals surface area contributed by atoms with E-state index in [2.05, 4.69) is 10.3 Å². The van der Waals surface area contributed by atoms with Crippen molar-refractivity contribution in [3.8, 4) is 27.8 Å². The zero-order chi connectivity index (χ0) is 22.4. The third-order valence-electron chi connectivity index (χ3n) is 4.43. The van der Waals surface area contributed by atoms with Gasteiger partial charge in [0.2, 0.25) is 5.91 Å². The van der Waals surface area contributed by atoms with Crippen LogP contribution in [0.1, 0.15) is 16.1 Å². The molecule has 0 saturated carbocycles. The summed E-state index contributed by atoms with van der Waals surface area (Å²) < 4.78 is 20.5. The van der Waals surface area contributed by atoms with Crippen LogP contribution in [0.15, 0.2) is 41.8 Å². The molecule has 0 saturated heterocycles. The van der Waals surface area contributed by atoms with Crippen LogP contribution in [0.3, 0.4) is 0 Å². The van der Waals surface area contributed by atoms with Crippen molar-refractivity contribution in [2.75, 3.05) is 33.8 Å². The van der Waals surface area contributed by atoms with E-state index in [-0.39, 0.29) is 17.9 Å². The Bertz CT molecular complexity index is 1100. The van der Waals surface area contributed by atoms with Crippen LogP contribution in [0.2, 0.25) is 0 Å². The number of carbonyl (C=O) groups excluding carboxylic acids is 2. The molecule has 8 nitrogen and oxygen atoms in total. The predicted molar refractivity (Wildman–Crippen MR) is 117 cm³/mol. The molecule has 1 aromatic heterocycles. The predicted octanol–water partition coefficient (Wildman–Crippen LogP) is 3.80. The number of nitrogens with one attached hydrogen (secondary N) is 1. The maximum atomic E-state index is 12.6. The van der Waals surface area contributed by atoms with Crippen LogP contribution >= 0.6 is 11.3 Å². The second-order valence-electron chi connectivity index (χ2n) is 6.34. The number of ether oxygens (including phenoxy) is 4. The lowest BCUT2D eigenvalue weighted by atomic mass is 10.1. The monoisotopic (exact) mass is 442 g/mol. The van der Waals surface area contributed by atoms with Gasteiger partial charge in [0.1, 0.15) is 10.8 Å². The topological polar surface area (TPSA) is 96.0 Å². The molecule has 9 heteroatoms. The van der Waals surface area contributed by atoms with E-state index in [9.17, 15) is 9.59 Å². The minimum atomic E-state index is -0.571. The molecule has 1 N–H and O–H groups in total. The number of esters is 1. The number of anilines is 1. The van der Waals surface area contributed by atoms with Gasteiger partial charge in [-0.15, -0.1) is 11.3 Å². The second-order valence-corrected chi connectivity index (χ2v) is 7.20. The molecule has 0 unspecified atom stereocenters. The number of amides is 1. The standard InChI is InChI=1S/C22H22N2O6S/c1-27-15-6-7-17(16(11-15)22(26)30-4)24-20(25)10-14-12-31-21(23-14)13-5-8-18(28-2)19(9-13)29-3/h5-9,11-12H,10H2,1-4H3,(H,24,25). The lowest BCUT2D eigenvalue weighted by molar-refractivity contribution is -0.115. The highest BCUT2D eigenvalue weighted by atomic mass is 32.1. The molecule has 0 aliphatic carbocycles. The van der Waals surface area contributed by atoms with Gasteiger partial charge < -0.3 is 24.3 Å². The van der Waals surface area contributed by atoms with Crippen molar-refractivity contribution in [2.45, 2.75) is 6.42 Å². The molecule has 0 aliphatic rings. The molecule has 162 valence electrons. The fraction of sp³-hybridized carbons (Fsp3) is 0.227. The smallest absolute Gasteiger partial charge is 0.340 e. The molecule has 3 aromatic rings. The number of rotatable bonds is 8. The van der Waals surface area contributed by atoms with Crippen molar-refractivity contribution in [3.05, 3.63) is 53.0 Å². The van der Waals surface area contributed by atoms with Gasteiger partial charge in [-0.1, -0.05) is 0 Å². The number of nitrogens with zero attached hydrogens (tertiary/aromatic N) is 1. The Morgan fingerprint density at radius 1 is 0.968 bits per heavy atom. The van der Waals surface area contributed by atoms with E-state index in [1.54, 1.807) is 32.4 Å². The first-order chi connectivity index (χ1) is 15.0. The van der Waals surface area contributed by atoms with E-state index in [4.69, 9.17) is 18.9 Å². The van der Waals surface area contributed by atoms with Crippen molar-refractivity contribution in [1.29, 1.82) is 0 Å². The van der Waals surface area contributed by atoms with Crippen molar-refractivity contribution in [3.63, 3.8) is 0 Å². The van der Waals surface area contributed by atoms with Crippen LogP contribution < -0.4 is 19.5 Å². The third kappa shape index (κ3) is 5.13. The highest BCUT2D eigenvalue weighted by molar-refractivity contribution is 7.13. The average Bonchev–Trinajstić information content (AvgIpc) is 3.26. The van der Waals surface area contributed by atoms with Gasteiger partial charge in [-0.3, -0.25) is 4.79 Å². The molecular formula is C22H22N2O6S. The Kier molecular flexibility index (Phi) is 7.09.